The number of aromatic nitrogens is 2. The van der Waals surface area contributed by atoms with Gasteiger partial charge in [0.15, 0.2) is 0 Å². The lowest BCUT2D eigenvalue weighted by molar-refractivity contribution is 0.0999. The molecule has 0 radical (unpaired) electrons. The van der Waals surface area contributed by atoms with Gasteiger partial charge < -0.3 is 10.8 Å². The summed E-state index contributed by atoms with van der Waals surface area (Å²) in [5, 5.41) is 10.0. The number of phenolic OH excluding ortho intramolecular Hbond substituents is 1. The van der Waals surface area contributed by atoms with Crippen LogP contribution in [0.15, 0.2) is 53.7 Å². The van der Waals surface area contributed by atoms with E-state index in [4.69, 9.17) is 5.73 Å². The molecular weight excluding hydrogens is 318 g/mol. The molecule has 6 nitrogen and oxygen atoms in total. The van der Waals surface area contributed by atoms with Crippen LogP contribution in [-0.4, -0.2) is 20.6 Å². The zero-order valence-corrected chi connectivity index (χ0v) is 13.9. The van der Waals surface area contributed by atoms with Crippen molar-refractivity contribution in [3.05, 3.63) is 76.0 Å². The third-order valence-corrected chi connectivity index (χ3v) is 4.12. The van der Waals surface area contributed by atoms with Gasteiger partial charge in [0.25, 0.3) is 5.56 Å². The summed E-state index contributed by atoms with van der Waals surface area (Å²) in [5.41, 5.74) is 8.07. The Balaban J connectivity index is 2.39. The molecule has 3 N–H and O–H groups in total. The minimum atomic E-state index is -0.644. The highest BCUT2D eigenvalue weighted by Gasteiger charge is 2.16. The zero-order chi connectivity index (χ0) is 18.1. The molecule has 126 valence electrons. The first kappa shape index (κ1) is 16.4. The third-order valence-electron chi connectivity index (χ3n) is 4.12. The van der Waals surface area contributed by atoms with Gasteiger partial charge in [0.2, 0.25) is 5.91 Å². The minimum absolute atomic E-state index is 0.0694. The lowest BCUT2D eigenvalue weighted by Gasteiger charge is -2.16. The number of nitrogens with two attached hydrogens (primary N) is 1. The van der Waals surface area contributed by atoms with Gasteiger partial charge in [-0.15, -0.1) is 0 Å². The molecule has 25 heavy (non-hydrogen) atoms. The number of amides is 1. The first-order valence-electron chi connectivity index (χ1n) is 7.66. The number of carbonyl (C=O) groups is 1. The maximum absolute atomic E-state index is 13.1. The van der Waals surface area contributed by atoms with Gasteiger partial charge >= 0.3 is 0 Å². The second-order valence-electron chi connectivity index (χ2n) is 5.80. The fourth-order valence-corrected chi connectivity index (χ4v) is 2.81. The zero-order valence-electron chi connectivity index (χ0n) is 13.9. The molecule has 0 aliphatic carbocycles. The maximum Gasteiger partial charge on any atom is 0.263 e. The number of aryl methyl sites for hydroxylation is 1. The molecule has 6 heteroatoms. The van der Waals surface area contributed by atoms with Crippen molar-refractivity contribution in [2.24, 2.45) is 5.73 Å². The molecule has 0 unspecified atom stereocenters. The van der Waals surface area contributed by atoms with Crippen molar-refractivity contribution >= 4 is 5.91 Å². The number of benzene rings is 1. The summed E-state index contributed by atoms with van der Waals surface area (Å²) in [4.78, 5) is 28.8. The molecule has 2 heterocycles. The van der Waals surface area contributed by atoms with Crippen LogP contribution < -0.4 is 11.3 Å². The summed E-state index contributed by atoms with van der Waals surface area (Å²) in [6.45, 7) is 3.54. The van der Waals surface area contributed by atoms with E-state index < -0.39 is 5.91 Å². The summed E-state index contributed by atoms with van der Waals surface area (Å²) >= 11 is 0. The first-order valence-corrected chi connectivity index (χ1v) is 7.66. The SMILES string of the molecule is Cc1ccc(O)c(C)c1-n1cc(C(N)=O)cc(-c2cccnc2)c1=O. The van der Waals surface area contributed by atoms with Gasteiger partial charge in [-0.3, -0.25) is 19.1 Å². The second kappa shape index (κ2) is 6.24. The summed E-state index contributed by atoms with van der Waals surface area (Å²) in [6.07, 6.45) is 4.55. The standard InChI is InChI=1S/C19H17N3O3/c1-11-5-6-16(23)12(2)17(11)22-10-14(18(20)24)8-15(19(22)25)13-4-3-7-21-9-13/h3-10,23H,1-2H3,(H2,20,24). The van der Waals surface area contributed by atoms with Gasteiger partial charge in [-0.2, -0.15) is 0 Å². The number of nitrogens with zero attached hydrogens (tertiary/aromatic N) is 2. The summed E-state index contributed by atoms with van der Waals surface area (Å²) in [5.74, 6) is -0.575. The fourth-order valence-electron chi connectivity index (χ4n) is 2.81. The minimum Gasteiger partial charge on any atom is -0.508 e. The predicted octanol–water partition coefficient (Wildman–Crippen LogP) is 2.32. The second-order valence-corrected chi connectivity index (χ2v) is 5.80. The van der Waals surface area contributed by atoms with Crippen molar-refractivity contribution in [2.75, 3.05) is 0 Å². The number of carbonyl (C=O) groups excluding carboxylic acids is 1. The Morgan fingerprint density at radius 2 is 2.00 bits per heavy atom. The van der Waals surface area contributed by atoms with Crippen LogP contribution >= 0.6 is 0 Å². The highest BCUT2D eigenvalue weighted by Crippen LogP contribution is 2.27. The van der Waals surface area contributed by atoms with Crippen LogP contribution in [0.3, 0.4) is 0 Å². The van der Waals surface area contributed by atoms with Crippen LogP contribution in [0.25, 0.3) is 16.8 Å². The van der Waals surface area contributed by atoms with E-state index in [1.807, 2.05) is 6.92 Å². The van der Waals surface area contributed by atoms with E-state index in [0.29, 0.717) is 22.4 Å². The van der Waals surface area contributed by atoms with Crippen LogP contribution in [0.2, 0.25) is 0 Å². The number of aromatic hydroxyl groups is 1. The Morgan fingerprint density at radius 1 is 1.24 bits per heavy atom. The Hall–Kier alpha value is -3.41. The molecule has 0 aliphatic heterocycles. The Bertz CT molecular complexity index is 1020. The quantitative estimate of drug-likeness (QED) is 0.767. The molecule has 0 fully saturated rings. The van der Waals surface area contributed by atoms with Crippen molar-refractivity contribution < 1.29 is 9.90 Å². The van der Waals surface area contributed by atoms with Crippen LogP contribution in [0.4, 0.5) is 0 Å². The van der Waals surface area contributed by atoms with Gasteiger partial charge in [-0.05, 0) is 37.6 Å². The number of hydrogen-bond donors (Lipinski definition) is 2. The highest BCUT2D eigenvalue weighted by atomic mass is 16.3. The number of phenols is 1. The molecule has 0 aliphatic rings. The Labute approximate surface area is 144 Å². The number of hydrogen-bond acceptors (Lipinski definition) is 4. The Kier molecular flexibility index (Phi) is 4.10. The lowest BCUT2D eigenvalue weighted by Crippen LogP contribution is -2.24. The van der Waals surface area contributed by atoms with Crippen molar-refractivity contribution in [2.45, 2.75) is 13.8 Å². The molecule has 1 aromatic carbocycles. The molecule has 2 aromatic heterocycles. The van der Waals surface area contributed by atoms with E-state index >= 15 is 0 Å². The molecule has 0 saturated carbocycles. The molecular formula is C19H17N3O3. The average Bonchev–Trinajstić information content (AvgIpc) is 2.60. The van der Waals surface area contributed by atoms with E-state index in [0.717, 1.165) is 5.56 Å². The van der Waals surface area contributed by atoms with E-state index in [2.05, 4.69) is 4.98 Å². The van der Waals surface area contributed by atoms with Crippen molar-refractivity contribution in [3.63, 3.8) is 0 Å². The highest BCUT2D eigenvalue weighted by molar-refractivity contribution is 5.93. The molecule has 3 aromatic rings. The van der Waals surface area contributed by atoms with Gasteiger partial charge in [0, 0.05) is 35.3 Å². The summed E-state index contributed by atoms with van der Waals surface area (Å²) < 4.78 is 1.35. The Morgan fingerprint density at radius 3 is 2.64 bits per heavy atom. The molecule has 3 rings (SSSR count). The fraction of sp³-hybridized carbons (Fsp3) is 0.105. The number of rotatable bonds is 3. The van der Waals surface area contributed by atoms with E-state index in [9.17, 15) is 14.7 Å². The van der Waals surface area contributed by atoms with Gasteiger partial charge in [-0.1, -0.05) is 12.1 Å². The molecule has 1 amide bonds. The summed E-state index contributed by atoms with van der Waals surface area (Å²) in [6, 6.07) is 8.19. The molecule has 0 atom stereocenters. The largest absolute Gasteiger partial charge is 0.508 e. The van der Waals surface area contributed by atoms with Crippen molar-refractivity contribution in [1.29, 1.82) is 0 Å². The van der Waals surface area contributed by atoms with Crippen molar-refractivity contribution in [1.82, 2.24) is 9.55 Å². The van der Waals surface area contributed by atoms with E-state index in [-0.39, 0.29) is 16.9 Å². The van der Waals surface area contributed by atoms with Gasteiger partial charge in [-0.25, -0.2) is 0 Å². The van der Waals surface area contributed by atoms with E-state index in [1.54, 1.807) is 43.6 Å². The predicted molar refractivity (Wildman–Crippen MR) is 94.9 cm³/mol. The molecule has 0 saturated heterocycles. The van der Waals surface area contributed by atoms with Crippen LogP contribution in [-0.2, 0) is 0 Å². The lowest BCUT2D eigenvalue weighted by atomic mass is 10.0. The smallest absolute Gasteiger partial charge is 0.263 e. The third kappa shape index (κ3) is 2.89. The first-order chi connectivity index (χ1) is 11.9. The summed E-state index contributed by atoms with van der Waals surface area (Å²) in [7, 11) is 0. The maximum atomic E-state index is 13.1. The van der Waals surface area contributed by atoms with Crippen LogP contribution in [0.5, 0.6) is 5.75 Å². The van der Waals surface area contributed by atoms with Gasteiger partial charge in [0.1, 0.15) is 5.75 Å². The van der Waals surface area contributed by atoms with E-state index in [1.165, 1.54) is 16.8 Å². The van der Waals surface area contributed by atoms with Crippen molar-refractivity contribution in [3.8, 4) is 22.6 Å². The number of pyridine rings is 2. The van der Waals surface area contributed by atoms with Crippen LogP contribution in [0.1, 0.15) is 21.5 Å². The monoisotopic (exact) mass is 335 g/mol. The van der Waals surface area contributed by atoms with Gasteiger partial charge in [0.05, 0.1) is 11.3 Å². The number of primary amides is 1. The van der Waals surface area contributed by atoms with Crippen LogP contribution in [0, 0.1) is 13.8 Å². The topological polar surface area (TPSA) is 98.2 Å². The average molecular weight is 335 g/mol. The molecule has 0 spiro atoms. The normalized spacial score (nSPS) is 10.6. The molecule has 0 bridgehead atoms.